The van der Waals surface area contributed by atoms with Crippen molar-refractivity contribution in [3.05, 3.63) is 59.1 Å². The minimum absolute atomic E-state index is 0.169. The summed E-state index contributed by atoms with van der Waals surface area (Å²) >= 11 is 0. The molecule has 1 heterocycles. The van der Waals surface area contributed by atoms with E-state index in [1.807, 2.05) is 13.0 Å². The quantitative estimate of drug-likeness (QED) is 0.688. The first kappa shape index (κ1) is 13.7. The summed E-state index contributed by atoms with van der Waals surface area (Å²) in [6, 6.07) is 9.51. The highest BCUT2D eigenvalue weighted by Gasteiger charge is 2.14. The van der Waals surface area contributed by atoms with Crippen LogP contribution >= 0.6 is 0 Å². The topological polar surface area (TPSA) is 75.0 Å². The number of aromatic carboxylic acids is 1. The Hall–Kier alpha value is -3.26. The first-order valence-electron chi connectivity index (χ1n) is 6.48. The van der Waals surface area contributed by atoms with Crippen LogP contribution < -0.4 is 0 Å². The summed E-state index contributed by atoms with van der Waals surface area (Å²) in [7, 11) is 0. The number of hydrogen-bond donors (Lipinski definition) is 2. The van der Waals surface area contributed by atoms with Crippen LogP contribution in [0.2, 0.25) is 0 Å². The molecule has 5 nitrogen and oxygen atoms in total. The van der Waals surface area contributed by atoms with Crippen molar-refractivity contribution >= 4 is 22.6 Å². The molecule has 1 aromatic heterocycles. The maximum absolute atomic E-state index is 11.0. The Morgan fingerprint density at radius 3 is 2.64 bits per heavy atom. The zero-order valence-electron chi connectivity index (χ0n) is 11.6. The molecule has 0 amide bonds. The van der Waals surface area contributed by atoms with E-state index in [-0.39, 0.29) is 11.3 Å². The van der Waals surface area contributed by atoms with Crippen LogP contribution in [0.4, 0.5) is 5.69 Å². The van der Waals surface area contributed by atoms with Crippen molar-refractivity contribution in [1.82, 2.24) is 0 Å². The van der Waals surface area contributed by atoms with Gasteiger partial charge >= 0.3 is 5.97 Å². The summed E-state index contributed by atoms with van der Waals surface area (Å²) in [5.74, 6) is -0.808. The average molecular weight is 293 g/mol. The zero-order valence-corrected chi connectivity index (χ0v) is 11.6. The number of nitrogens with zero attached hydrogens (tertiary/aromatic N) is 1. The number of carboxylic acids is 1. The molecular weight excluding hydrogens is 282 g/mol. The molecule has 2 N–H and O–H groups in total. The largest absolute Gasteiger partial charge is 0.507 e. The lowest BCUT2D eigenvalue weighted by Crippen LogP contribution is -1.96. The van der Waals surface area contributed by atoms with Crippen molar-refractivity contribution in [2.75, 3.05) is 0 Å². The molecule has 22 heavy (non-hydrogen) atoms. The molecule has 0 radical (unpaired) electrons. The van der Waals surface area contributed by atoms with Gasteiger partial charge in [0.25, 0.3) is 0 Å². The first-order chi connectivity index (χ1) is 10.5. The first-order valence-corrected chi connectivity index (χ1v) is 6.48. The second-order valence-corrected chi connectivity index (χ2v) is 4.92. The van der Waals surface area contributed by atoms with Crippen LogP contribution in [0.5, 0.6) is 5.75 Å². The van der Waals surface area contributed by atoms with Gasteiger partial charge in [0.15, 0.2) is 5.69 Å². The number of furan rings is 1. The van der Waals surface area contributed by atoms with Gasteiger partial charge in [-0.15, -0.1) is 0 Å². The number of fused-ring (bicyclic) bond motifs is 1. The molecular formula is C17H11NO4. The van der Waals surface area contributed by atoms with Gasteiger partial charge in [-0.25, -0.2) is 9.64 Å². The molecule has 0 aliphatic rings. The van der Waals surface area contributed by atoms with Crippen molar-refractivity contribution in [2.45, 2.75) is 6.92 Å². The summed E-state index contributed by atoms with van der Waals surface area (Å²) in [4.78, 5) is 14.4. The predicted octanol–water partition coefficient (Wildman–Crippen LogP) is 4.36. The Morgan fingerprint density at radius 1 is 1.23 bits per heavy atom. The smallest absolute Gasteiger partial charge is 0.339 e. The summed E-state index contributed by atoms with van der Waals surface area (Å²) < 4.78 is 5.67. The van der Waals surface area contributed by atoms with Crippen LogP contribution in [0.25, 0.3) is 26.9 Å². The van der Waals surface area contributed by atoms with Crippen LogP contribution in [-0.4, -0.2) is 16.2 Å². The van der Waals surface area contributed by atoms with Crippen LogP contribution in [0.15, 0.2) is 40.8 Å². The standard InChI is InChI=1S/C17H11NO4/c1-9-5-11-6-12(18-2)8-14(16(11)22-9)10-3-4-13(17(20)21)15(19)7-10/h3-8,19H,1H3,(H,20,21). The van der Waals surface area contributed by atoms with Gasteiger partial charge in [-0.1, -0.05) is 6.07 Å². The molecule has 0 fully saturated rings. The second-order valence-electron chi connectivity index (χ2n) is 4.92. The molecule has 0 spiro atoms. The number of benzene rings is 2. The number of carbonyl (C=O) groups is 1. The van der Waals surface area contributed by atoms with Gasteiger partial charge < -0.3 is 14.6 Å². The monoisotopic (exact) mass is 293 g/mol. The maximum Gasteiger partial charge on any atom is 0.339 e. The molecule has 108 valence electrons. The highest BCUT2D eigenvalue weighted by atomic mass is 16.4. The Kier molecular flexibility index (Phi) is 3.08. The molecule has 0 aliphatic heterocycles. The number of phenols is 1. The van der Waals surface area contributed by atoms with E-state index in [0.717, 1.165) is 5.39 Å². The molecule has 0 aliphatic carbocycles. The van der Waals surface area contributed by atoms with Crippen molar-refractivity contribution in [3.8, 4) is 16.9 Å². The van der Waals surface area contributed by atoms with Crippen LogP contribution in [0, 0.1) is 13.5 Å². The lowest BCUT2D eigenvalue weighted by molar-refractivity contribution is 0.0694. The fourth-order valence-electron chi connectivity index (χ4n) is 2.43. The molecule has 0 saturated heterocycles. The van der Waals surface area contributed by atoms with Gasteiger partial charge in [0, 0.05) is 10.9 Å². The second kappa shape index (κ2) is 4.93. The number of rotatable bonds is 2. The van der Waals surface area contributed by atoms with E-state index in [2.05, 4.69) is 4.85 Å². The molecule has 5 heteroatoms. The normalized spacial score (nSPS) is 10.5. The SMILES string of the molecule is [C-]#[N+]c1cc(-c2ccc(C(=O)O)c(O)c2)c2oc(C)cc2c1. The maximum atomic E-state index is 11.0. The molecule has 3 aromatic rings. The lowest BCUT2D eigenvalue weighted by Gasteiger charge is -2.06. The third kappa shape index (κ3) is 2.17. The Bertz CT molecular complexity index is 947. The lowest BCUT2D eigenvalue weighted by atomic mass is 10.0. The zero-order chi connectivity index (χ0) is 15.9. The summed E-state index contributed by atoms with van der Waals surface area (Å²) in [5.41, 5.74) is 2.12. The van der Waals surface area contributed by atoms with Gasteiger partial charge in [0.05, 0.1) is 6.57 Å². The highest BCUT2D eigenvalue weighted by molar-refractivity contribution is 5.98. The minimum atomic E-state index is -1.20. The third-order valence-electron chi connectivity index (χ3n) is 3.39. The van der Waals surface area contributed by atoms with E-state index >= 15 is 0 Å². The molecule has 3 rings (SSSR count). The number of aryl methyl sites for hydroxylation is 1. The van der Waals surface area contributed by atoms with E-state index in [0.29, 0.717) is 28.2 Å². The fraction of sp³-hybridized carbons (Fsp3) is 0.0588. The van der Waals surface area contributed by atoms with Gasteiger partial charge in [0.1, 0.15) is 22.7 Å². The van der Waals surface area contributed by atoms with Gasteiger partial charge in [0.2, 0.25) is 0 Å². The van der Waals surface area contributed by atoms with E-state index < -0.39 is 5.97 Å². The highest BCUT2D eigenvalue weighted by Crippen LogP contribution is 2.36. The van der Waals surface area contributed by atoms with E-state index in [1.54, 1.807) is 18.2 Å². The van der Waals surface area contributed by atoms with Crippen molar-refractivity contribution in [1.29, 1.82) is 0 Å². The Labute approximate surface area is 125 Å². The van der Waals surface area contributed by atoms with Gasteiger partial charge in [-0.3, -0.25) is 0 Å². The molecule has 0 atom stereocenters. The van der Waals surface area contributed by atoms with Crippen molar-refractivity contribution < 1.29 is 19.4 Å². The van der Waals surface area contributed by atoms with E-state index in [4.69, 9.17) is 16.1 Å². The van der Waals surface area contributed by atoms with Crippen molar-refractivity contribution in [3.63, 3.8) is 0 Å². The van der Waals surface area contributed by atoms with Crippen LogP contribution in [-0.2, 0) is 0 Å². The molecule has 0 unspecified atom stereocenters. The predicted molar refractivity (Wildman–Crippen MR) is 81.3 cm³/mol. The molecule has 2 aromatic carbocycles. The number of carboxylic acid groups (broad SMARTS) is 1. The minimum Gasteiger partial charge on any atom is -0.507 e. The summed E-state index contributed by atoms with van der Waals surface area (Å²) in [5, 5.41) is 19.6. The van der Waals surface area contributed by atoms with Gasteiger partial charge in [-0.2, -0.15) is 0 Å². The summed E-state index contributed by atoms with van der Waals surface area (Å²) in [6.45, 7) is 9.00. The Balaban J connectivity index is 2.27. The third-order valence-corrected chi connectivity index (χ3v) is 3.39. The van der Waals surface area contributed by atoms with Crippen LogP contribution in [0.3, 0.4) is 0 Å². The van der Waals surface area contributed by atoms with E-state index in [9.17, 15) is 9.90 Å². The van der Waals surface area contributed by atoms with Crippen molar-refractivity contribution in [2.24, 2.45) is 0 Å². The van der Waals surface area contributed by atoms with Crippen LogP contribution in [0.1, 0.15) is 16.1 Å². The number of aromatic hydroxyl groups is 1. The van der Waals surface area contributed by atoms with Gasteiger partial charge in [-0.05, 0) is 42.8 Å². The molecule has 0 bridgehead atoms. The average Bonchev–Trinajstić information content (AvgIpc) is 2.85. The summed E-state index contributed by atoms with van der Waals surface area (Å²) in [6.07, 6.45) is 0. The Morgan fingerprint density at radius 2 is 2.00 bits per heavy atom. The van der Waals surface area contributed by atoms with E-state index in [1.165, 1.54) is 12.1 Å². The number of hydrogen-bond acceptors (Lipinski definition) is 3. The fourth-order valence-corrected chi connectivity index (χ4v) is 2.43. The molecule has 0 saturated carbocycles.